The molecule has 106 valence electrons. The van der Waals surface area contributed by atoms with Gasteiger partial charge in [-0.1, -0.05) is 29.3 Å². The normalized spacial score (nSPS) is 10.4. The van der Waals surface area contributed by atoms with Crippen molar-refractivity contribution in [3.8, 4) is 0 Å². The Morgan fingerprint density at radius 3 is 2.79 bits per heavy atom. The molecule has 1 rings (SSSR count). The van der Waals surface area contributed by atoms with Crippen LogP contribution >= 0.6 is 15.9 Å². The van der Waals surface area contributed by atoms with Crippen molar-refractivity contribution < 1.29 is 14.6 Å². The van der Waals surface area contributed by atoms with E-state index in [0.717, 1.165) is 30.3 Å². The van der Waals surface area contributed by atoms with Crippen LogP contribution in [-0.4, -0.2) is 30.8 Å². The maximum absolute atomic E-state index is 11.1. The van der Waals surface area contributed by atoms with E-state index in [0.29, 0.717) is 18.8 Å². The number of unbranched alkanes of at least 4 members (excludes halogenated alkanes) is 1. The van der Waals surface area contributed by atoms with Gasteiger partial charge >= 0.3 is 5.97 Å². The van der Waals surface area contributed by atoms with E-state index in [1.54, 1.807) is 18.2 Å². The molecule has 0 fully saturated rings. The van der Waals surface area contributed by atoms with E-state index in [1.165, 1.54) is 0 Å². The summed E-state index contributed by atoms with van der Waals surface area (Å²) in [5.41, 5.74) is 0.922. The Bertz CT molecular complexity index is 410. The molecular formula is C14H20BrNO3. The number of hydrogen-bond acceptors (Lipinski definition) is 3. The fourth-order valence-corrected chi connectivity index (χ4v) is 1.96. The minimum absolute atomic E-state index is 0.287. The lowest BCUT2D eigenvalue weighted by Crippen LogP contribution is -2.10. The predicted molar refractivity (Wildman–Crippen MR) is 79.9 cm³/mol. The molecule has 0 aliphatic carbocycles. The van der Waals surface area contributed by atoms with Crippen LogP contribution in [0.2, 0.25) is 0 Å². The smallest absolute Gasteiger partial charge is 0.337 e. The number of hydrogen-bond donors (Lipinski definition) is 2. The van der Waals surface area contributed by atoms with Crippen LogP contribution in [0.3, 0.4) is 0 Å². The van der Waals surface area contributed by atoms with Crippen LogP contribution in [0.15, 0.2) is 22.7 Å². The lowest BCUT2D eigenvalue weighted by Gasteiger charge is -2.10. The molecule has 2 N–H and O–H groups in total. The molecule has 0 unspecified atom stereocenters. The third-order valence-corrected chi connectivity index (χ3v) is 3.13. The van der Waals surface area contributed by atoms with E-state index in [2.05, 4.69) is 28.2 Å². The highest BCUT2D eigenvalue weighted by Gasteiger charge is 2.09. The first-order chi connectivity index (χ1) is 9.15. The molecule has 5 heteroatoms. The number of ether oxygens (including phenoxy) is 1. The second-order valence-corrected chi connectivity index (χ2v) is 5.16. The molecule has 0 radical (unpaired) electrons. The number of carboxylic acid groups (broad SMARTS) is 1. The van der Waals surface area contributed by atoms with Crippen molar-refractivity contribution in [3.05, 3.63) is 28.2 Å². The summed E-state index contributed by atoms with van der Waals surface area (Å²) in [6, 6.07) is 5.09. The van der Waals surface area contributed by atoms with Crippen LogP contribution in [-0.2, 0) is 4.74 Å². The second-order valence-electron chi connectivity index (χ2n) is 4.24. The Morgan fingerprint density at radius 1 is 1.37 bits per heavy atom. The van der Waals surface area contributed by atoms with E-state index in [-0.39, 0.29) is 5.56 Å². The van der Waals surface area contributed by atoms with Gasteiger partial charge in [-0.05, 0) is 31.0 Å². The van der Waals surface area contributed by atoms with E-state index in [9.17, 15) is 4.79 Å². The fourth-order valence-electron chi connectivity index (χ4n) is 1.59. The Balaban J connectivity index is 2.36. The number of carboxylic acids is 1. The van der Waals surface area contributed by atoms with Crippen molar-refractivity contribution >= 4 is 27.6 Å². The number of carbonyl (C=O) groups is 1. The third-order valence-electron chi connectivity index (χ3n) is 2.64. The number of rotatable bonds is 9. The average Bonchev–Trinajstić information content (AvgIpc) is 2.37. The Labute approximate surface area is 122 Å². The predicted octanol–water partition coefficient (Wildman–Crippen LogP) is 3.77. The quantitative estimate of drug-likeness (QED) is 0.677. The first-order valence-corrected chi connectivity index (χ1v) is 7.29. The zero-order valence-corrected chi connectivity index (χ0v) is 12.7. The molecule has 0 heterocycles. The molecule has 0 saturated heterocycles. The molecule has 0 bridgehead atoms. The van der Waals surface area contributed by atoms with Gasteiger partial charge in [0, 0.05) is 29.9 Å². The van der Waals surface area contributed by atoms with Gasteiger partial charge < -0.3 is 15.2 Å². The molecule has 4 nitrogen and oxygen atoms in total. The molecule has 0 aliphatic heterocycles. The largest absolute Gasteiger partial charge is 0.478 e. The van der Waals surface area contributed by atoms with Gasteiger partial charge in [0.1, 0.15) is 0 Å². The molecular weight excluding hydrogens is 310 g/mol. The van der Waals surface area contributed by atoms with Crippen molar-refractivity contribution in [2.75, 3.05) is 25.1 Å². The van der Waals surface area contributed by atoms with E-state index < -0.39 is 5.97 Å². The monoisotopic (exact) mass is 329 g/mol. The second kappa shape index (κ2) is 8.93. The molecule has 0 aliphatic rings. The summed E-state index contributed by atoms with van der Waals surface area (Å²) in [7, 11) is 0. The van der Waals surface area contributed by atoms with Crippen molar-refractivity contribution in [1.29, 1.82) is 0 Å². The van der Waals surface area contributed by atoms with E-state index in [1.807, 2.05) is 0 Å². The SMILES string of the molecule is CCCCOCCCNc1cc(Br)ccc1C(=O)O. The first kappa shape index (κ1) is 16.0. The number of nitrogens with one attached hydrogen (secondary N) is 1. The van der Waals surface area contributed by atoms with Gasteiger partial charge in [0.2, 0.25) is 0 Å². The summed E-state index contributed by atoms with van der Waals surface area (Å²) in [4.78, 5) is 11.1. The summed E-state index contributed by atoms with van der Waals surface area (Å²) in [5.74, 6) is -0.922. The van der Waals surface area contributed by atoms with Crippen LogP contribution in [0.25, 0.3) is 0 Å². The topological polar surface area (TPSA) is 58.6 Å². The zero-order chi connectivity index (χ0) is 14.1. The summed E-state index contributed by atoms with van der Waals surface area (Å²) in [6.45, 7) is 4.33. The molecule has 0 atom stereocenters. The van der Waals surface area contributed by atoms with Gasteiger partial charge in [0.05, 0.1) is 5.56 Å². The molecule has 1 aromatic carbocycles. The van der Waals surface area contributed by atoms with Crippen LogP contribution < -0.4 is 5.32 Å². The van der Waals surface area contributed by atoms with Crippen molar-refractivity contribution in [3.63, 3.8) is 0 Å². The fraction of sp³-hybridized carbons (Fsp3) is 0.500. The average molecular weight is 330 g/mol. The lowest BCUT2D eigenvalue weighted by molar-refractivity contribution is 0.0698. The maximum Gasteiger partial charge on any atom is 0.337 e. The Hall–Kier alpha value is -1.07. The summed E-state index contributed by atoms with van der Waals surface area (Å²) >= 11 is 3.34. The lowest BCUT2D eigenvalue weighted by atomic mass is 10.2. The maximum atomic E-state index is 11.1. The van der Waals surface area contributed by atoms with Gasteiger partial charge in [-0.2, -0.15) is 0 Å². The highest BCUT2D eigenvalue weighted by molar-refractivity contribution is 9.10. The Morgan fingerprint density at radius 2 is 2.11 bits per heavy atom. The van der Waals surface area contributed by atoms with Crippen molar-refractivity contribution in [1.82, 2.24) is 0 Å². The van der Waals surface area contributed by atoms with Crippen LogP contribution in [0.4, 0.5) is 5.69 Å². The zero-order valence-electron chi connectivity index (χ0n) is 11.1. The summed E-state index contributed by atoms with van der Waals surface area (Å²) < 4.78 is 6.31. The number of anilines is 1. The minimum Gasteiger partial charge on any atom is -0.478 e. The van der Waals surface area contributed by atoms with E-state index in [4.69, 9.17) is 9.84 Å². The van der Waals surface area contributed by atoms with Crippen LogP contribution in [0.5, 0.6) is 0 Å². The van der Waals surface area contributed by atoms with Crippen molar-refractivity contribution in [2.45, 2.75) is 26.2 Å². The number of halogens is 1. The van der Waals surface area contributed by atoms with Crippen molar-refractivity contribution in [2.24, 2.45) is 0 Å². The van der Waals surface area contributed by atoms with Gasteiger partial charge in [0.25, 0.3) is 0 Å². The number of aromatic carboxylic acids is 1. The van der Waals surface area contributed by atoms with Gasteiger partial charge in [-0.3, -0.25) is 0 Å². The van der Waals surface area contributed by atoms with Gasteiger partial charge in [-0.15, -0.1) is 0 Å². The van der Waals surface area contributed by atoms with Gasteiger partial charge in [-0.25, -0.2) is 4.79 Å². The first-order valence-electron chi connectivity index (χ1n) is 6.49. The minimum atomic E-state index is -0.922. The van der Waals surface area contributed by atoms with E-state index >= 15 is 0 Å². The molecule has 0 aromatic heterocycles. The molecule has 0 amide bonds. The summed E-state index contributed by atoms with van der Waals surface area (Å²) in [6.07, 6.45) is 3.08. The molecule has 0 saturated carbocycles. The highest BCUT2D eigenvalue weighted by Crippen LogP contribution is 2.21. The molecule has 19 heavy (non-hydrogen) atoms. The Kier molecular flexibility index (Phi) is 7.52. The van der Waals surface area contributed by atoms with Crippen LogP contribution in [0.1, 0.15) is 36.5 Å². The standard InChI is InChI=1S/C14H20BrNO3/c1-2-3-8-19-9-4-7-16-13-10-11(15)5-6-12(13)14(17)18/h5-6,10,16H,2-4,7-9H2,1H3,(H,17,18). The molecule has 0 spiro atoms. The van der Waals surface area contributed by atoms with Gasteiger partial charge in [0.15, 0.2) is 0 Å². The number of benzene rings is 1. The molecule has 1 aromatic rings. The third kappa shape index (κ3) is 6.07. The summed E-state index contributed by atoms with van der Waals surface area (Å²) in [5, 5.41) is 12.2. The van der Waals surface area contributed by atoms with Crippen LogP contribution in [0, 0.1) is 0 Å². The highest BCUT2D eigenvalue weighted by atomic mass is 79.9.